The molecule has 0 fully saturated rings. The zero-order valence-corrected chi connectivity index (χ0v) is 12.6. The zero-order valence-electron chi connectivity index (χ0n) is 12.6. The SMILES string of the molecule is CCCNC(CC(C)C(C)(C)C)C(C)CC. The maximum Gasteiger partial charge on any atom is 0.00953 e. The van der Waals surface area contributed by atoms with Crippen molar-refractivity contribution < 1.29 is 0 Å². The van der Waals surface area contributed by atoms with Crippen LogP contribution in [0.3, 0.4) is 0 Å². The fourth-order valence-corrected chi connectivity index (χ4v) is 1.87. The molecule has 0 bridgehead atoms. The minimum absolute atomic E-state index is 0.430. The van der Waals surface area contributed by atoms with Gasteiger partial charge in [-0.05, 0) is 36.6 Å². The Balaban J connectivity index is 4.30. The first-order chi connectivity index (χ1) is 7.32. The first-order valence-electron chi connectivity index (χ1n) is 7.06. The Labute approximate surface area is 103 Å². The zero-order chi connectivity index (χ0) is 12.8. The fourth-order valence-electron chi connectivity index (χ4n) is 1.87. The van der Waals surface area contributed by atoms with Gasteiger partial charge in [0, 0.05) is 6.04 Å². The summed E-state index contributed by atoms with van der Waals surface area (Å²) in [4.78, 5) is 0. The summed E-state index contributed by atoms with van der Waals surface area (Å²) < 4.78 is 0. The van der Waals surface area contributed by atoms with Crippen LogP contribution in [0, 0.1) is 17.3 Å². The first kappa shape index (κ1) is 16.0. The summed E-state index contributed by atoms with van der Waals surface area (Å²) in [5.74, 6) is 1.56. The Morgan fingerprint density at radius 2 is 1.62 bits per heavy atom. The predicted octanol–water partition coefficient (Wildman–Crippen LogP) is 4.47. The van der Waals surface area contributed by atoms with Crippen molar-refractivity contribution in [2.45, 2.75) is 73.8 Å². The highest BCUT2D eigenvalue weighted by Crippen LogP contribution is 2.30. The van der Waals surface area contributed by atoms with E-state index in [1.165, 1.54) is 19.3 Å². The highest BCUT2D eigenvalue weighted by atomic mass is 14.9. The second kappa shape index (κ2) is 7.32. The molecular formula is C15H33N. The Kier molecular flexibility index (Phi) is 7.30. The number of hydrogen-bond acceptors (Lipinski definition) is 1. The molecular weight excluding hydrogens is 194 g/mol. The fraction of sp³-hybridized carbons (Fsp3) is 1.00. The lowest BCUT2D eigenvalue weighted by Gasteiger charge is -2.33. The van der Waals surface area contributed by atoms with E-state index in [1.54, 1.807) is 0 Å². The number of nitrogens with one attached hydrogen (secondary N) is 1. The third kappa shape index (κ3) is 5.89. The summed E-state index contributed by atoms with van der Waals surface area (Å²) in [5, 5.41) is 3.72. The van der Waals surface area contributed by atoms with Crippen LogP contribution in [0.15, 0.2) is 0 Å². The maximum atomic E-state index is 3.72. The van der Waals surface area contributed by atoms with Crippen molar-refractivity contribution in [2.75, 3.05) is 6.54 Å². The summed E-state index contributed by atoms with van der Waals surface area (Å²) >= 11 is 0. The standard InChI is InChI=1S/C15H33N/c1-8-10-16-14(12(3)9-2)11-13(4)15(5,6)7/h12-14,16H,8-11H2,1-7H3. The molecule has 0 amide bonds. The molecule has 0 aliphatic rings. The quantitative estimate of drug-likeness (QED) is 0.676. The van der Waals surface area contributed by atoms with Gasteiger partial charge in [0.2, 0.25) is 0 Å². The van der Waals surface area contributed by atoms with Gasteiger partial charge in [-0.1, -0.05) is 54.9 Å². The van der Waals surface area contributed by atoms with E-state index in [0.717, 1.165) is 18.4 Å². The van der Waals surface area contributed by atoms with Crippen molar-refractivity contribution >= 4 is 0 Å². The molecule has 0 rings (SSSR count). The minimum atomic E-state index is 0.430. The van der Waals surface area contributed by atoms with Crippen LogP contribution < -0.4 is 5.32 Å². The molecule has 1 nitrogen and oxygen atoms in total. The molecule has 3 unspecified atom stereocenters. The molecule has 0 spiro atoms. The lowest BCUT2D eigenvalue weighted by Crippen LogP contribution is -2.38. The molecule has 0 saturated heterocycles. The van der Waals surface area contributed by atoms with Crippen molar-refractivity contribution in [3.8, 4) is 0 Å². The van der Waals surface area contributed by atoms with E-state index in [4.69, 9.17) is 0 Å². The second-order valence-corrected chi connectivity index (χ2v) is 6.45. The van der Waals surface area contributed by atoms with Crippen LogP contribution in [0.5, 0.6) is 0 Å². The van der Waals surface area contributed by atoms with Crippen LogP contribution >= 0.6 is 0 Å². The topological polar surface area (TPSA) is 12.0 Å². The van der Waals surface area contributed by atoms with Gasteiger partial charge < -0.3 is 5.32 Å². The average Bonchev–Trinajstić information content (AvgIpc) is 2.21. The Hall–Kier alpha value is -0.0400. The van der Waals surface area contributed by atoms with Crippen LogP contribution in [0.4, 0.5) is 0 Å². The summed E-state index contributed by atoms with van der Waals surface area (Å²) in [5.41, 5.74) is 0.430. The summed E-state index contributed by atoms with van der Waals surface area (Å²) in [6, 6.07) is 0.694. The average molecular weight is 227 g/mol. The van der Waals surface area contributed by atoms with Crippen molar-refractivity contribution in [1.82, 2.24) is 5.32 Å². The lowest BCUT2D eigenvalue weighted by atomic mass is 9.76. The van der Waals surface area contributed by atoms with E-state index in [0.29, 0.717) is 11.5 Å². The summed E-state index contributed by atoms with van der Waals surface area (Å²) in [7, 11) is 0. The third-order valence-corrected chi connectivity index (χ3v) is 4.07. The van der Waals surface area contributed by atoms with Crippen LogP contribution in [-0.2, 0) is 0 Å². The second-order valence-electron chi connectivity index (χ2n) is 6.45. The van der Waals surface area contributed by atoms with Crippen LogP contribution in [0.25, 0.3) is 0 Å². The van der Waals surface area contributed by atoms with Crippen molar-refractivity contribution in [2.24, 2.45) is 17.3 Å². The maximum absolute atomic E-state index is 3.72. The van der Waals surface area contributed by atoms with Gasteiger partial charge in [-0.25, -0.2) is 0 Å². The lowest BCUT2D eigenvalue weighted by molar-refractivity contribution is 0.199. The van der Waals surface area contributed by atoms with Crippen molar-refractivity contribution in [3.05, 3.63) is 0 Å². The molecule has 98 valence electrons. The first-order valence-corrected chi connectivity index (χ1v) is 7.06. The smallest absolute Gasteiger partial charge is 0.00953 e. The van der Waals surface area contributed by atoms with Gasteiger partial charge in [0.1, 0.15) is 0 Å². The molecule has 0 aromatic carbocycles. The van der Waals surface area contributed by atoms with E-state index < -0.39 is 0 Å². The molecule has 0 radical (unpaired) electrons. The van der Waals surface area contributed by atoms with Crippen molar-refractivity contribution in [3.63, 3.8) is 0 Å². The van der Waals surface area contributed by atoms with Gasteiger partial charge in [0.05, 0.1) is 0 Å². The van der Waals surface area contributed by atoms with Crippen LogP contribution in [0.1, 0.15) is 67.7 Å². The number of hydrogen-bond donors (Lipinski definition) is 1. The van der Waals surface area contributed by atoms with Crippen LogP contribution in [0.2, 0.25) is 0 Å². The van der Waals surface area contributed by atoms with E-state index in [1.807, 2.05) is 0 Å². The Morgan fingerprint density at radius 3 is 2.00 bits per heavy atom. The van der Waals surface area contributed by atoms with E-state index in [-0.39, 0.29) is 0 Å². The molecule has 16 heavy (non-hydrogen) atoms. The van der Waals surface area contributed by atoms with Gasteiger partial charge in [0.25, 0.3) is 0 Å². The largest absolute Gasteiger partial charge is 0.314 e. The van der Waals surface area contributed by atoms with Gasteiger partial charge in [-0.15, -0.1) is 0 Å². The molecule has 1 heteroatoms. The molecule has 0 saturated carbocycles. The molecule has 0 aliphatic carbocycles. The van der Waals surface area contributed by atoms with Crippen molar-refractivity contribution in [1.29, 1.82) is 0 Å². The van der Waals surface area contributed by atoms with Crippen LogP contribution in [-0.4, -0.2) is 12.6 Å². The molecule has 0 aromatic rings. The van der Waals surface area contributed by atoms with E-state index in [2.05, 4.69) is 53.8 Å². The van der Waals surface area contributed by atoms with Gasteiger partial charge in [0.15, 0.2) is 0 Å². The summed E-state index contributed by atoms with van der Waals surface area (Å²) in [6.45, 7) is 17.5. The minimum Gasteiger partial charge on any atom is -0.314 e. The normalized spacial score (nSPS) is 18.2. The van der Waals surface area contributed by atoms with Gasteiger partial charge in [-0.2, -0.15) is 0 Å². The molecule has 3 atom stereocenters. The molecule has 0 aromatic heterocycles. The highest BCUT2D eigenvalue weighted by Gasteiger charge is 2.25. The van der Waals surface area contributed by atoms with E-state index >= 15 is 0 Å². The molecule has 1 N–H and O–H groups in total. The van der Waals surface area contributed by atoms with Gasteiger partial charge in [-0.3, -0.25) is 0 Å². The third-order valence-electron chi connectivity index (χ3n) is 4.07. The van der Waals surface area contributed by atoms with E-state index in [9.17, 15) is 0 Å². The predicted molar refractivity (Wildman–Crippen MR) is 74.8 cm³/mol. The Morgan fingerprint density at radius 1 is 1.06 bits per heavy atom. The Bertz CT molecular complexity index is 169. The van der Waals surface area contributed by atoms with Gasteiger partial charge >= 0.3 is 0 Å². The molecule has 0 heterocycles. The highest BCUT2D eigenvalue weighted by molar-refractivity contribution is 4.79. The molecule has 0 aliphatic heterocycles. The number of rotatable bonds is 7. The monoisotopic (exact) mass is 227 g/mol. The summed E-state index contributed by atoms with van der Waals surface area (Å²) in [6.07, 6.45) is 3.81.